The van der Waals surface area contributed by atoms with Gasteiger partial charge in [-0.05, 0) is 34.1 Å². The van der Waals surface area contributed by atoms with Gasteiger partial charge in [0.15, 0.2) is 4.90 Å². The minimum Gasteiger partial charge on any atom is -0.612 e. The summed E-state index contributed by atoms with van der Waals surface area (Å²) in [5.41, 5.74) is 0. The lowest BCUT2D eigenvalue weighted by Crippen LogP contribution is -1.96. The fraction of sp³-hybridized carbons (Fsp3) is 0.0909. The first-order valence-corrected chi connectivity index (χ1v) is 5.65. The highest BCUT2D eigenvalue weighted by Gasteiger charge is 2.03. The number of rotatable bonds is 1. The third kappa shape index (κ3) is 1.69. The zero-order chi connectivity index (χ0) is 9.26. The van der Waals surface area contributed by atoms with Crippen LogP contribution >= 0.6 is 0 Å². The Bertz CT molecular complexity index is 423. The second kappa shape index (κ2) is 3.40. The zero-order valence-corrected chi connectivity index (χ0v) is 8.17. The molecule has 0 spiro atoms. The van der Waals surface area contributed by atoms with Gasteiger partial charge in [-0.2, -0.15) is 0 Å². The van der Waals surface area contributed by atoms with Gasteiger partial charge >= 0.3 is 0 Å². The molecule has 0 saturated carbocycles. The maximum Gasteiger partial charge on any atom is 0.153 e. The topological polar surface area (TPSA) is 23.1 Å². The Kier molecular flexibility index (Phi) is 2.25. The van der Waals surface area contributed by atoms with E-state index in [0.29, 0.717) is 0 Å². The number of fused-ring (bicyclic) bond motifs is 1. The Hall–Kier alpha value is -0.990. The van der Waals surface area contributed by atoms with Crippen LogP contribution in [-0.2, 0) is 11.2 Å². The van der Waals surface area contributed by atoms with E-state index < -0.39 is 11.2 Å². The minimum absolute atomic E-state index is 0.885. The second-order valence-electron chi connectivity index (χ2n) is 2.96. The third-order valence-electron chi connectivity index (χ3n) is 2.05. The van der Waals surface area contributed by atoms with Gasteiger partial charge in [-0.3, -0.25) is 0 Å². The van der Waals surface area contributed by atoms with Gasteiger partial charge in [-0.1, -0.05) is 24.3 Å². The molecular formula is C11H10OS. The van der Waals surface area contributed by atoms with Gasteiger partial charge in [0, 0.05) is 6.07 Å². The highest BCUT2D eigenvalue weighted by Crippen LogP contribution is 2.18. The van der Waals surface area contributed by atoms with E-state index in [4.69, 9.17) is 0 Å². The second-order valence-corrected chi connectivity index (χ2v) is 4.34. The molecule has 66 valence electrons. The average molecular weight is 190 g/mol. The summed E-state index contributed by atoms with van der Waals surface area (Å²) in [7, 11) is 0. The SMILES string of the molecule is C[S+]([O-])c1ccc2ccccc2c1. The van der Waals surface area contributed by atoms with Crippen LogP contribution in [0.1, 0.15) is 0 Å². The molecule has 0 heterocycles. The van der Waals surface area contributed by atoms with Crippen LogP contribution < -0.4 is 0 Å². The van der Waals surface area contributed by atoms with Crippen molar-refractivity contribution in [2.24, 2.45) is 0 Å². The highest BCUT2D eigenvalue weighted by molar-refractivity contribution is 7.90. The van der Waals surface area contributed by atoms with Crippen LogP contribution in [0.5, 0.6) is 0 Å². The molecule has 1 atom stereocenters. The lowest BCUT2D eigenvalue weighted by atomic mass is 10.1. The molecule has 0 fully saturated rings. The van der Waals surface area contributed by atoms with E-state index in [-0.39, 0.29) is 0 Å². The van der Waals surface area contributed by atoms with Crippen LogP contribution in [0.15, 0.2) is 47.4 Å². The predicted octanol–water partition coefficient (Wildman–Crippen LogP) is 2.58. The van der Waals surface area contributed by atoms with Crippen LogP contribution in [0.4, 0.5) is 0 Å². The molecule has 0 aliphatic rings. The maximum atomic E-state index is 11.2. The fourth-order valence-electron chi connectivity index (χ4n) is 1.35. The van der Waals surface area contributed by atoms with Gasteiger partial charge in [0.05, 0.1) is 0 Å². The largest absolute Gasteiger partial charge is 0.612 e. The van der Waals surface area contributed by atoms with Crippen molar-refractivity contribution in [2.75, 3.05) is 6.26 Å². The molecule has 2 aromatic rings. The third-order valence-corrected chi connectivity index (χ3v) is 2.97. The lowest BCUT2D eigenvalue weighted by molar-refractivity contribution is 0.601. The molecule has 0 bridgehead atoms. The zero-order valence-electron chi connectivity index (χ0n) is 7.36. The number of hydrogen-bond acceptors (Lipinski definition) is 1. The van der Waals surface area contributed by atoms with Crippen LogP contribution in [0.3, 0.4) is 0 Å². The molecule has 0 saturated heterocycles. The normalized spacial score (nSPS) is 13.1. The van der Waals surface area contributed by atoms with Gasteiger partial charge in [0.1, 0.15) is 6.26 Å². The molecule has 0 amide bonds. The monoisotopic (exact) mass is 190 g/mol. The summed E-state index contributed by atoms with van der Waals surface area (Å²) in [5.74, 6) is 0. The van der Waals surface area contributed by atoms with E-state index in [1.165, 1.54) is 5.39 Å². The quantitative estimate of drug-likeness (QED) is 0.634. The summed E-state index contributed by atoms with van der Waals surface area (Å²) >= 11 is -0.885. The van der Waals surface area contributed by atoms with Crippen molar-refractivity contribution < 1.29 is 4.55 Å². The Morgan fingerprint density at radius 3 is 2.38 bits per heavy atom. The first-order valence-electron chi connectivity index (χ1n) is 4.09. The molecule has 13 heavy (non-hydrogen) atoms. The molecule has 2 aromatic carbocycles. The van der Waals surface area contributed by atoms with Crippen molar-refractivity contribution in [1.82, 2.24) is 0 Å². The molecule has 1 unspecified atom stereocenters. The molecule has 1 nitrogen and oxygen atoms in total. The first kappa shape index (κ1) is 8.60. The Morgan fingerprint density at radius 2 is 1.69 bits per heavy atom. The van der Waals surface area contributed by atoms with Crippen LogP contribution in [0, 0.1) is 0 Å². The summed E-state index contributed by atoms with van der Waals surface area (Å²) in [6.45, 7) is 0. The molecule has 0 radical (unpaired) electrons. The summed E-state index contributed by atoms with van der Waals surface area (Å²) in [4.78, 5) is 0.888. The Balaban J connectivity index is 2.62. The van der Waals surface area contributed by atoms with Crippen molar-refractivity contribution in [2.45, 2.75) is 4.90 Å². The van der Waals surface area contributed by atoms with E-state index in [1.54, 1.807) is 6.26 Å². The Morgan fingerprint density at radius 1 is 1.00 bits per heavy atom. The van der Waals surface area contributed by atoms with Gasteiger partial charge < -0.3 is 4.55 Å². The minimum atomic E-state index is -0.885. The van der Waals surface area contributed by atoms with E-state index in [9.17, 15) is 4.55 Å². The summed E-state index contributed by atoms with van der Waals surface area (Å²) in [6, 6.07) is 14.0. The molecule has 0 aliphatic carbocycles. The molecule has 2 rings (SSSR count). The molecule has 0 aromatic heterocycles. The number of hydrogen-bond donors (Lipinski definition) is 0. The smallest absolute Gasteiger partial charge is 0.153 e. The van der Waals surface area contributed by atoms with Crippen LogP contribution in [0.2, 0.25) is 0 Å². The van der Waals surface area contributed by atoms with Gasteiger partial charge in [-0.15, -0.1) is 0 Å². The molecule has 0 N–H and O–H groups in total. The highest BCUT2D eigenvalue weighted by atomic mass is 32.2. The van der Waals surface area contributed by atoms with Crippen LogP contribution in [-0.4, -0.2) is 10.8 Å². The van der Waals surface area contributed by atoms with E-state index in [2.05, 4.69) is 6.07 Å². The maximum absolute atomic E-state index is 11.2. The van der Waals surface area contributed by atoms with Crippen LogP contribution in [0.25, 0.3) is 10.8 Å². The molecule has 0 aliphatic heterocycles. The summed E-state index contributed by atoms with van der Waals surface area (Å²) in [6.07, 6.45) is 1.70. The van der Waals surface area contributed by atoms with Crippen molar-refractivity contribution in [3.05, 3.63) is 42.5 Å². The average Bonchev–Trinajstić information content (AvgIpc) is 2.17. The lowest BCUT2D eigenvalue weighted by Gasteiger charge is -2.04. The predicted molar refractivity (Wildman–Crippen MR) is 56.3 cm³/mol. The number of benzene rings is 2. The van der Waals surface area contributed by atoms with E-state index in [0.717, 1.165) is 10.3 Å². The summed E-state index contributed by atoms with van der Waals surface area (Å²) < 4.78 is 11.2. The van der Waals surface area contributed by atoms with Crippen molar-refractivity contribution >= 4 is 21.9 Å². The van der Waals surface area contributed by atoms with Gasteiger partial charge in [0.25, 0.3) is 0 Å². The first-order chi connectivity index (χ1) is 6.27. The standard InChI is InChI=1S/C11H10OS/c1-13(12)11-7-6-9-4-2-3-5-10(9)8-11/h2-8H,1H3. The fourth-order valence-corrected chi connectivity index (χ4v) is 1.90. The van der Waals surface area contributed by atoms with Crippen molar-refractivity contribution in [3.63, 3.8) is 0 Å². The van der Waals surface area contributed by atoms with Gasteiger partial charge in [0.2, 0.25) is 0 Å². The summed E-state index contributed by atoms with van der Waals surface area (Å²) in [5, 5.41) is 2.34. The molecule has 2 heteroatoms. The van der Waals surface area contributed by atoms with Crippen molar-refractivity contribution in [1.29, 1.82) is 0 Å². The van der Waals surface area contributed by atoms with E-state index in [1.807, 2.05) is 36.4 Å². The van der Waals surface area contributed by atoms with Crippen molar-refractivity contribution in [3.8, 4) is 0 Å². The van der Waals surface area contributed by atoms with E-state index >= 15 is 0 Å². The van der Waals surface area contributed by atoms with Gasteiger partial charge in [-0.25, -0.2) is 0 Å². The molecular weight excluding hydrogens is 180 g/mol. The Labute approximate surface area is 80.6 Å².